The van der Waals surface area contributed by atoms with Gasteiger partial charge in [0.2, 0.25) is 5.91 Å². The Bertz CT molecular complexity index is 764. The highest BCUT2D eigenvalue weighted by atomic mass is 79.9. The fourth-order valence-corrected chi connectivity index (χ4v) is 2.53. The molecule has 0 bridgehead atoms. The van der Waals surface area contributed by atoms with Gasteiger partial charge < -0.3 is 10.2 Å². The van der Waals surface area contributed by atoms with Crippen LogP contribution in [0, 0.1) is 12.7 Å². The fraction of sp³-hybridized carbons (Fsp3) is 0.222. The van der Waals surface area contributed by atoms with E-state index in [1.54, 1.807) is 11.0 Å². The monoisotopic (exact) mass is 392 g/mol. The van der Waals surface area contributed by atoms with Crippen molar-refractivity contribution in [2.75, 3.05) is 18.0 Å². The molecule has 2 aromatic carbocycles. The molecule has 0 saturated carbocycles. The second-order valence-electron chi connectivity index (χ2n) is 5.34. The predicted molar refractivity (Wildman–Crippen MR) is 95.6 cm³/mol. The van der Waals surface area contributed by atoms with Gasteiger partial charge in [-0.25, -0.2) is 4.39 Å². The average molecular weight is 393 g/mol. The maximum Gasteiger partial charge on any atom is 0.254 e. The molecule has 0 spiro atoms. The molecule has 0 atom stereocenters. The van der Waals surface area contributed by atoms with E-state index < -0.39 is 11.7 Å². The Morgan fingerprint density at radius 2 is 1.92 bits per heavy atom. The SMILES string of the molecule is CC(=O)N(CCNC(=O)c1ccccc1F)c1ccc(Br)c(C)c1. The summed E-state index contributed by atoms with van der Waals surface area (Å²) in [5, 5.41) is 2.64. The van der Waals surface area contributed by atoms with E-state index in [2.05, 4.69) is 21.2 Å². The maximum absolute atomic E-state index is 13.6. The lowest BCUT2D eigenvalue weighted by Crippen LogP contribution is -2.37. The first kappa shape index (κ1) is 18.1. The van der Waals surface area contributed by atoms with Gasteiger partial charge in [0.25, 0.3) is 5.91 Å². The van der Waals surface area contributed by atoms with Gasteiger partial charge in [-0.15, -0.1) is 0 Å². The van der Waals surface area contributed by atoms with Crippen molar-refractivity contribution in [2.45, 2.75) is 13.8 Å². The molecule has 2 rings (SSSR count). The summed E-state index contributed by atoms with van der Waals surface area (Å²) in [4.78, 5) is 25.4. The molecular formula is C18H18BrFN2O2. The van der Waals surface area contributed by atoms with E-state index in [-0.39, 0.29) is 18.0 Å². The number of hydrogen-bond acceptors (Lipinski definition) is 2. The average Bonchev–Trinajstić information content (AvgIpc) is 2.54. The highest BCUT2D eigenvalue weighted by Gasteiger charge is 2.14. The van der Waals surface area contributed by atoms with Crippen molar-refractivity contribution >= 4 is 33.4 Å². The molecule has 0 radical (unpaired) electrons. The Hall–Kier alpha value is -2.21. The van der Waals surface area contributed by atoms with E-state index in [1.165, 1.54) is 25.1 Å². The van der Waals surface area contributed by atoms with Gasteiger partial charge in [0.05, 0.1) is 5.56 Å². The van der Waals surface area contributed by atoms with Crippen LogP contribution in [0.2, 0.25) is 0 Å². The van der Waals surface area contributed by atoms with Crippen molar-refractivity contribution in [1.82, 2.24) is 5.32 Å². The van der Waals surface area contributed by atoms with Crippen LogP contribution in [0.4, 0.5) is 10.1 Å². The largest absolute Gasteiger partial charge is 0.350 e. The molecule has 0 fully saturated rings. The summed E-state index contributed by atoms with van der Waals surface area (Å²) in [7, 11) is 0. The number of benzene rings is 2. The third kappa shape index (κ3) is 4.41. The Morgan fingerprint density at radius 1 is 1.21 bits per heavy atom. The van der Waals surface area contributed by atoms with Crippen LogP contribution in [-0.2, 0) is 4.79 Å². The number of nitrogens with zero attached hydrogens (tertiary/aromatic N) is 1. The van der Waals surface area contributed by atoms with Crippen LogP contribution >= 0.6 is 15.9 Å². The second kappa shape index (κ2) is 8.06. The maximum atomic E-state index is 13.6. The summed E-state index contributed by atoms with van der Waals surface area (Å²) in [5.41, 5.74) is 1.75. The number of aryl methyl sites for hydroxylation is 1. The fourth-order valence-electron chi connectivity index (χ4n) is 2.29. The van der Waals surface area contributed by atoms with Gasteiger partial charge in [0.15, 0.2) is 0 Å². The van der Waals surface area contributed by atoms with Crippen LogP contribution in [0.15, 0.2) is 46.9 Å². The van der Waals surface area contributed by atoms with E-state index in [9.17, 15) is 14.0 Å². The molecule has 0 aliphatic heterocycles. The molecule has 0 heterocycles. The minimum atomic E-state index is -0.568. The van der Waals surface area contributed by atoms with Crippen molar-refractivity contribution in [3.8, 4) is 0 Å². The number of amides is 2. The smallest absolute Gasteiger partial charge is 0.254 e. The Morgan fingerprint density at radius 3 is 2.54 bits per heavy atom. The van der Waals surface area contributed by atoms with Crippen LogP contribution < -0.4 is 10.2 Å². The van der Waals surface area contributed by atoms with Crippen LogP contribution in [-0.4, -0.2) is 24.9 Å². The number of anilines is 1. The molecule has 0 aliphatic rings. The first-order valence-electron chi connectivity index (χ1n) is 7.47. The molecule has 0 saturated heterocycles. The van der Waals surface area contributed by atoms with Crippen molar-refractivity contribution in [3.05, 3.63) is 63.9 Å². The van der Waals surface area contributed by atoms with Gasteiger partial charge in [0, 0.05) is 30.2 Å². The van der Waals surface area contributed by atoms with Gasteiger partial charge in [-0.3, -0.25) is 9.59 Å². The van der Waals surface area contributed by atoms with Gasteiger partial charge in [0.1, 0.15) is 5.82 Å². The molecule has 24 heavy (non-hydrogen) atoms. The molecule has 4 nitrogen and oxygen atoms in total. The van der Waals surface area contributed by atoms with E-state index in [0.717, 1.165) is 15.7 Å². The zero-order chi connectivity index (χ0) is 17.7. The second-order valence-corrected chi connectivity index (χ2v) is 6.19. The summed E-state index contributed by atoms with van der Waals surface area (Å²) in [5.74, 6) is -1.19. The Kier molecular flexibility index (Phi) is 6.09. The molecule has 1 N–H and O–H groups in total. The predicted octanol–water partition coefficient (Wildman–Crippen LogP) is 3.68. The molecule has 0 unspecified atom stereocenters. The first-order chi connectivity index (χ1) is 11.4. The molecule has 126 valence electrons. The van der Waals surface area contributed by atoms with Gasteiger partial charge in [-0.05, 0) is 42.8 Å². The number of carbonyl (C=O) groups excluding carboxylic acids is 2. The van der Waals surface area contributed by atoms with Crippen LogP contribution in [0.1, 0.15) is 22.8 Å². The van der Waals surface area contributed by atoms with Crippen molar-refractivity contribution in [3.63, 3.8) is 0 Å². The highest BCUT2D eigenvalue weighted by molar-refractivity contribution is 9.10. The van der Waals surface area contributed by atoms with Crippen molar-refractivity contribution in [1.29, 1.82) is 0 Å². The number of hydrogen-bond donors (Lipinski definition) is 1. The lowest BCUT2D eigenvalue weighted by Gasteiger charge is -2.22. The normalized spacial score (nSPS) is 10.3. The minimum absolute atomic E-state index is 0.00800. The van der Waals surface area contributed by atoms with Crippen molar-refractivity contribution in [2.24, 2.45) is 0 Å². The van der Waals surface area contributed by atoms with Crippen LogP contribution in [0.5, 0.6) is 0 Å². The molecule has 2 amide bonds. The van der Waals surface area contributed by atoms with Crippen LogP contribution in [0.3, 0.4) is 0 Å². The zero-order valence-corrected chi connectivity index (χ0v) is 15.1. The number of nitrogens with one attached hydrogen (secondary N) is 1. The van der Waals surface area contributed by atoms with Crippen molar-refractivity contribution < 1.29 is 14.0 Å². The lowest BCUT2D eigenvalue weighted by molar-refractivity contribution is -0.116. The van der Waals surface area contributed by atoms with Gasteiger partial charge >= 0.3 is 0 Å². The van der Waals surface area contributed by atoms with Gasteiger partial charge in [-0.2, -0.15) is 0 Å². The zero-order valence-electron chi connectivity index (χ0n) is 13.5. The molecule has 2 aromatic rings. The third-order valence-electron chi connectivity index (χ3n) is 3.57. The lowest BCUT2D eigenvalue weighted by atomic mass is 10.2. The summed E-state index contributed by atoms with van der Waals surface area (Å²) >= 11 is 3.42. The minimum Gasteiger partial charge on any atom is -0.350 e. The topological polar surface area (TPSA) is 49.4 Å². The highest BCUT2D eigenvalue weighted by Crippen LogP contribution is 2.23. The first-order valence-corrected chi connectivity index (χ1v) is 8.26. The van der Waals surface area contributed by atoms with E-state index in [4.69, 9.17) is 0 Å². The number of rotatable bonds is 5. The molecular weight excluding hydrogens is 375 g/mol. The standard InChI is InChI=1S/C18H18BrFN2O2/c1-12-11-14(7-8-16(12)19)22(13(2)23)10-9-21-18(24)15-5-3-4-6-17(15)20/h3-8,11H,9-10H2,1-2H3,(H,21,24). The molecule has 0 aromatic heterocycles. The Labute approximate surface area is 148 Å². The summed E-state index contributed by atoms with van der Waals surface area (Å²) in [6.07, 6.45) is 0. The van der Waals surface area contributed by atoms with E-state index in [0.29, 0.717) is 6.54 Å². The number of halogens is 2. The van der Waals surface area contributed by atoms with E-state index >= 15 is 0 Å². The molecule has 6 heteroatoms. The number of carbonyl (C=O) groups is 2. The summed E-state index contributed by atoms with van der Waals surface area (Å²) < 4.78 is 14.5. The Balaban J connectivity index is 2.02. The van der Waals surface area contributed by atoms with Gasteiger partial charge in [-0.1, -0.05) is 28.1 Å². The van der Waals surface area contributed by atoms with Crippen LogP contribution in [0.25, 0.3) is 0 Å². The van der Waals surface area contributed by atoms with E-state index in [1.807, 2.05) is 25.1 Å². The summed E-state index contributed by atoms with van der Waals surface area (Å²) in [6, 6.07) is 11.4. The molecule has 0 aliphatic carbocycles. The quantitative estimate of drug-likeness (QED) is 0.843. The summed E-state index contributed by atoms with van der Waals surface area (Å²) in [6.45, 7) is 3.93. The third-order valence-corrected chi connectivity index (χ3v) is 4.46.